The molecule has 1 atom stereocenters. The van der Waals surface area contributed by atoms with Crippen molar-refractivity contribution in [2.24, 2.45) is 0 Å². The van der Waals surface area contributed by atoms with E-state index in [1.165, 1.54) is 17.4 Å². The van der Waals surface area contributed by atoms with Gasteiger partial charge in [-0.3, -0.25) is 14.7 Å². The number of aliphatic hydroxyl groups is 1. The zero-order valence-electron chi connectivity index (χ0n) is 14.5. The van der Waals surface area contributed by atoms with Crippen molar-refractivity contribution in [1.29, 1.82) is 0 Å². The first-order chi connectivity index (χ1) is 12.8. The molecule has 1 fully saturated rings. The molecule has 2 aromatic rings. The van der Waals surface area contributed by atoms with Gasteiger partial charge in [0.05, 0.1) is 25.9 Å². The zero-order valence-corrected chi connectivity index (χ0v) is 15.3. The molecule has 0 bridgehead atoms. The summed E-state index contributed by atoms with van der Waals surface area (Å²) < 4.78 is 5.44. The topological polar surface area (TPSA) is 74.7 Å². The van der Waals surface area contributed by atoms with Gasteiger partial charge in [-0.15, -0.1) is 11.3 Å². The number of carbonyl (C=O) groups is 1. The number of ether oxygens (including phenoxy) is 1. The van der Waals surface area contributed by atoms with E-state index in [1.54, 1.807) is 12.3 Å². The van der Waals surface area contributed by atoms with Crippen LogP contribution in [0.5, 0.6) is 0 Å². The maximum absolute atomic E-state index is 12.2. The minimum atomic E-state index is -0.133. The van der Waals surface area contributed by atoms with Gasteiger partial charge < -0.3 is 15.2 Å². The third-order valence-corrected chi connectivity index (χ3v) is 5.23. The Balaban J connectivity index is 1.60. The van der Waals surface area contributed by atoms with E-state index in [1.807, 2.05) is 29.8 Å². The number of pyridine rings is 1. The molecule has 2 aromatic heterocycles. The molecule has 0 aromatic carbocycles. The highest BCUT2D eigenvalue weighted by Gasteiger charge is 2.23. The molecule has 0 saturated carbocycles. The van der Waals surface area contributed by atoms with Crippen LogP contribution in [0.3, 0.4) is 0 Å². The highest BCUT2D eigenvalue weighted by Crippen LogP contribution is 2.20. The van der Waals surface area contributed by atoms with Gasteiger partial charge in [0, 0.05) is 43.0 Å². The fourth-order valence-corrected chi connectivity index (χ4v) is 3.69. The summed E-state index contributed by atoms with van der Waals surface area (Å²) >= 11 is 1.50. The van der Waals surface area contributed by atoms with Gasteiger partial charge in [0.25, 0.3) is 0 Å². The molecular formula is C19H23N3O3S. The van der Waals surface area contributed by atoms with Crippen LogP contribution in [0.4, 0.5) is 0 Å². The second-order valence-corrected chi connectivity index (χ2v) is 6.99. The van der Waals surface area contributed by atoms with E-state index in [0.717, 1.165) is 29.1 Å². The molecule has 1 amide bonds. The van der Waals surface area contributed by atoms with Gasteiger partial charge in [-0.25, -0.2) is 0 Å². The number of hydrogen-bond acceptors (Lipinski definition) is 6. The molecule has 6 nitrogen and oxygen atoms in total. The molecule has 7 heteroatoms. The normalized spacial score (nSPS) is 16.7. The van der Waals surface area contributed by atoms with E-state index in [9.17, 15) is 4.79 Å². The third kappa shape index (κ3) is 5.22. The Labute approximate surface area is 157 Å². The van der Waals surface area contributed by atoms with E-state index in [-0.39, 0.29) is 18.6 Å². The predicted molar refractivity (Wildman–Crippen MR) is 102 cm³/mol. The van der Waals surface area contributed by atoms with E-state index in [4.69, 9.17) is 9.84 Å². The number of morpholine rings is 1. The van der Waals surface area contributed by atoms with Gasteiger partial charge >= 0.3 is 0 Å². The van der Waals surface area contributed by atoms with Crippen LogP contribution in [0.25, 0.3) is 6.08 Å². The van der Waals surface area contributed by atoms with Crippen molar-refractivity contribution >= 4 is 23.3 Å². The maximum atomic E-state index is 12.2. The van der Waals surface area contributed by atoms with Crippen molar-refractivity contribution in [3.63, 3.8) is 0 Å². The van der Waals surface area contributed by atoms with Crippen molar-refractivity contribution in [3.8, 4) is 0 Å². The summed E-state index contributed by atoms with van der Waals surface area (Å²) in [6.07, 6.45) is 6.91. The minimum absolute atomic E-state index is 0.0167. The van der Waals surface area contributed by atoms with Crippen LogP contribution in [-0.2, 0) is 16.1 Å². The number of aliphatic hydroxyl groups excluding tert-OH is 1. The van der Waals surface area contributed by atoms with Gasteiger partial charge in [0.15, 0.2) is 0 Å². The van der Waals surface area contributed by atoms with E-state index in [0.29, 0.717) is 19.8 Å². The highest BCUT2D eigenvalue weighted by atomic mass is 32.1. The molecule has 1 saturated heterocycles. The lowest BCUT2D eigenvalue weighted by atomic mass is 10.1. The summed E-state index contributed by atoms with van der Waals surface area (Å²) in [6.45, 7) is 3.62. The average Bonchev–Trinajstić information content (AvgIpc) is 3.16. The lowest BCUT2D eigenvalue weighted by Crippen LogP contribution is -2.43. The van der Waals surface area contributed by atoms with Gasteiger partial charge in [0.1, 0.15) is 0 Å². The molecule has 0 aliphatic carbocycles. The second kappa shape index (κ2) is 9.59. The Kier molecular flexibility index (Phi) is 6.90. The molecule has 0 spiro atoms. The van der Waals surface area contributed by atoms with E-state index in [2.05, 4.69) is 15.2 Å². The Bertz CT molecular complexity index is 727. The second-order valence-electron chi connectivity index (χ2n) is 6.04. The van der Waals surface area contributed by atoms with Gasteiger partial charge in [-0.1, -0.05) is 6.07 Å². The maximum Gasteiger partial charge on any atom is 0.244 e. The Morgan fingerprint density at radius 2 is 2.31 bits per heavy atom. The average molecular weight is 373 g/mol. The largest absolute Gasteiger partial charge is 0.392 e. The first-order valence-electron chi connectivity index (χ1n) is 8.62. The van der Waals surface area contributed by atoms with Crippen molar-refractivity contribution in [2.75, 3.05) is 32.8 Å². The number of carbonyl (C=O) groups excluding carboxylic acids is 1. The van der Waals surface area contributed by atoms with Gasteiger partial charge in [-0.2, -0.15) is 0 Å². The number of hydrogen-bond donors (Lipinski definition) is 2. The summed E-state index contributed by atoms with van der Waals surface area (Å²) in [4.78, 5) is 19.7. The predicted octanol–water partition coefficient (Wildman–Crippen LogP) is 1.84. The number of thiophene rings is 1. The highest BCUT2D eigenvalue weighted by molar-refractivity contribution is 7.11. The van der Waals surface area contributed by atoms with Crippen molar-refractivity contribution in [2.45, 2.75) is 12.6 Å². The van der Waals surface area contributed by atoms with Gasteiger partial charge in [-0.05, 0) is 34.7 Å². The summed E-state index contributed by atoms with van der Waals surface area (Å²) in [5, 5.41) is 14.0. The van der Waals surface area contributed by atoms with Crippen LogP contribution in [-0.4, -0.2) is 53.7 Å². The number of amides is 1. The van der Waals surface area contributed by atoms with Crippen LogP contribution >= 0.6 is 11.3 Å². The monoisotopic (exact) mass is 373 g/mol. The Morgan fingerprint density at radius 1 is 1.46 bits per heavy atom. The smallest absolute Gasteiger partial charge is 0.244 e. The fourth-order valence-electron chi connectivity index (χ4n) is 2.90. The van der Waals surface area contributed by atoms with Crippen molar-refractivity contribution < 1.29 is 14.6 Å². The number of aromatic nitrogens is 1. The quantitative estimate of drug-likeness (QED) is 0.725. The lowest BCUT2D eigenvalue weighted by Gasteiger charge is -2.34. The number of rotatable bonds is 7. The molecule has 0 radical (unpaired) electrons. The molecule has 1 aliphatic heterocycles. The zero-order chi connectivity index (χ0) is 18.2. The van der Waals surface area contributed by atoms with Crippen molar-refractivity contribution in [3.05, 3.63) is 58.1 Å². The number of nitrogens with zero attached hydrogens (tertiary/aromatic N) is 2. The molecule has 26 heavy (non-hydrogen) atoms. The summed E-state index contributed by atoms with van der Waals surface area (Å²) in [5.74, 6) is -0.133. The summed E-state index contributed by atoms with van der Waals surface area (Å²) in [5.41, 5.74) is 1.95. The fraction of sp³-hybridized carbons (Fsp3) is 0.368. The molecule has 1 unspecified atom stereocenters. The van der Waals surface area contributed by atoms with Gasteiger partial charge in [0.2, 0.25) is 5.91 Å². The van der Waals surface area contributed by atoms with Crippen LogP contribution in [0.2, 0.25) is 0 Å². The molecular weight excluding hydrogens is 350 g/mol. The Morgan fingerprint density at radius 3 is 3.00 bits per heavy atom. The van der Waals surface area contributed by atoms with Crippen LogP contribution in [0.1, 0.15) is 22.0 Å². The van der Waals surface area contributed by atoms with Crippen molar-refractivity contribution in [1.82, 2.24) is 15.2 Å². The first kappa shape index (κ1) is 18.7. The molecule has 2 N–H and O–H groups in total. The SMILES string of the molecule is O=C(C=Cc1cc(CO)cs1)NCC(c1cccnc1)N1CCOCC1. The first-order valence-corrected chi connectivity index (χ1v) is 9.50. The summed E-state index contributed by atoms with van der Waals surface area (Å²) in [6, 6.07) is 5.91. The molecule has 138 valence electrons. The number of nitrogens with one attached hydrogen (secondary N) is 1. The standard InChI is InChI=1S/C19H23N3O3S/c23-13-15-10-17(26-14-15)3-4-19(24)21-12-18(16-2-1-5-20-11-16)22-6-8-25-9-7-22/h1-5,10-11,14,18,23H,6-9,12-13H2,(H,21,24). The lowest BCUT2D eigenvalue weighted by molar-refractivity contribution is -0.116. The molecule has 3 rings (SSSR count). The van der Waals surface area contributed by atoms with Crippen LogP contribution in [0, 0.1) is 0 Å². The minimum Gasteiger partial charge on any atom is -0.392 e. The Hall–Kier alpha value is -2.06. The molecule has 3 heterocycles. The van der Waals surface area contributed by atoms with E-state index >= 15 is 0 Å². The molecule has 1 aliphatic rings. The third-order valence-electron chi connectivity index (χ3n) is 4.28. The summed E-state index contributed by atoms with van der Waals surface area (Å²) in [7, 11) is 0. The van der Waals surface area contributed by atoms with E-state index < -0.39 is 0 Å². The van der Waals surface area contributed by atoms with Crippen LogP contribution < -0.4 is 5.32 Å². The van der Waals surface area contributed by atoms with Crippen LogP contribution in [0.15, 0.2) is 42.0 Å².